The lowest BCUT2D eigenvalue weighted by molar-refractivity contribution is -0.118. The summed E-state index contributed by atoms with van der Waals surface area (Å²) in [6.45, 7) is 6.60. The number of halogens is 1. The molecular formula is C28H31FN2O3. The molecule has 2 heterocycles. The number of benzene rings is 2. The average molecular weight is 463 g/mol. The summed E-state index contributed by atoms with van der Waals surface area (Å²) in [6.07, 6.45) is 2.88. The van der Waals surface area contributed by atoms with Gasteiger partial charge in [-0.15, -0.1) is 0 Å². The minimum absolute atomic E-state index is 0.0784. The molecule has 178 valence electrons. The van der Waals surface area contributed by atoms with E-state index in [-0.39, 0.29) is 18.0 Å². The number of carbonyl (C=O) groups is 1. The van der Waals surface area contributed by atoms with Gasteiger partial charge in [0.15, 0.2) is 0 Å². The molecule has 1 fully saturated rings. The highest BCUT2D eigenvalue weighted by Gasteiger charge is 2.11. The Morgan fingerprint density at radius 1 is 1.06 bits per heavy atom. The third kappa shape index (κ3) is 7.20. The van der Waals surface area contributed by atoms with Crippen molar-refractivity contribution >= 4 is 5.78 Å². The number of rotatable bonds is 10. The quantitative estimate of drug-likeness (QED) is 0.439. The zero-order valence-electron chi connectivity index (χ0n) is 19.6. The van der Waals surface area contributed by atoms with Gasteiger partial charge in [-0.05, 0) is 42.7 Å². The van der Waals surface area contributed by atoms with Crippen molar-refractivity contribution < 1.29 is 18.7 Å². The van der Waals surface area contributed by atoms with Crippen molar-refractivity contribution in [2.24, 2.45) is 0 Å². The number of hydrogen-bond donors (Lipinski definition) is 0. The number of ether oxygens (including phenoxy) is 2. The van der Waals surface area contributed by atoms with Crippen molar-refractivity contribution in [3.63, 3.8) is 0 Å². The van der Waals surface area contributed by atoms with Crippen molar-refractivity contribution in [3.05, 3.63) is 83.4 Å². The van der Waals surface area contributed by atoms with E-state index >= 15 is 0 Å². The van der Waals surface area contributed by atoms with Crippen molar-refractivity contribution in [2.75, 3.05) is 39.5 Å². The Kier molecular flexibility index (Phi) is 8.39. The highest BCUT2D eigenvalue weighted by Crippen LogP contribution is 2.20. The van der Waals surface area contributed by atoms with Crippen LogP contribution in [0.15, 0.2) is 60.8 Å². The fraction of sp³-hybridized carbons (Fsp3) is 0.357. The molecule has 0 bridgehead atoms. The first-order valence-corrected chi connectivity index (χ1v) is 11.8. The maximum atomic E-state index is 14.1. The van der Waals surface area contributed by atoms with Gasteiger partial charge in [0.25, 0.3) is 0 Å². The van der Waals surface area contributed by atoms with E-state index < -0.39 is 0 Å². The number of nitrogens with zero attached hydrogens (tertiary/aromatic N) is 2. The smallest absolute Gasteiger partial charge is 0.139 e. The van der Waals surface area contributed by atoms with Crippen LogP contribution in [0.25, 0.3) is 11.1 Å². The van der Waals surface area contributed by atoms with E-state index in [9.17, 15) is 9.18 Å². The van der Waals surface area contributed by atoms with Crippen LogP contribution in [-0.2, 0) is 22.4 Å². The molecule has 0 saturated carbocycles. The van der Waals surface area contributed by atoms with Crippen molar-refractivity contribution in [1.29, 1.82) is 0 Å². The van der Waals surface area contributed by atoms with Gasteiger partial charge >= 0.3 is 0 Å². The Morgan fingerprint density at radius 2 is 1.82 bits per heavy atom. The molecule has 0 unspecified atom stereocenters. The van der Waals surface area contributed by atoms with Gasteiger partial charge in [0, 0.05) is 56.0 Å². The highest BCUT2D eigenvalue weighted by atomic mass is 19.1. The molecule has 0 aliphatic carbocycles. The lowest BCUT2D eigenvalue weighted by Gasteiger charge is -2.26. The number of hydrogen-bond acceptors (Lipinski definition) is 5. The lowest BCUT2D eigenvalue weighted by Crippen LogP contribution is -2.38. The molecule has 4 rings (SSSR count). The van der Waals surface area contributed by atoms with E-state index in [0.717, 1.165) is 55.2 Å². The molecule has 2 aromatic carbocycles. The van der Waals surface area contributed by atoms with Gasteiger partial charge in [-0.25, -0.2) is 4.39 Å². The fourth-order valence-electron chi connectivity index (χ4n) is 3.99. The van der Waals surface area contributed by atoms with Crippen LogP contribution < -0.4 is 4.74 Å². The molecule has 0 radical (unpaired) electrons. The van der Waals surface area contributed by atoms with E-state index in [4.69, 9.17) is 9.47 Å². The normalized spacial score (nSPS) is 14.2. The van der Waals surface area contributed by atoms with Crippen molar-refractivity contribution in [3.8, 4) is 16.9 Å². The molecule has 0 amide bonds. The zero-order chi connectivity index (χ0) is 23.8. The molecule has 3 aromatic rings. The maximum absolute atomic E-state index is 14.1. The minimum Gasteiger partial charge on any atom is -0.492 e. The predicted octanol–water partition coefficient (Wildman–Crippen LogP) is 4.65. The Morgan fingerprint density at radius 3 is 2.56 bits per heavy atom. The van der Waals surface area contributed by atoms with Crippen LogP contribution in [0.2, 0.25) is 0 Å². The summed E-state index contributed by atoms with van der Waals surface area (Å²) in [4.78, 5) is 19.2. The molecule has 1 aromatic heterocycles. The van der Waals surface area contributed by atoms with Crippen LogP contribution in [-0.4, -0.2) is 55.1 Å². The SMILES string of the molecule is Cc1ccc(-c2ccc(CC(=O)CCc3cc(F)cc(OCCN4CCOCC4)c3)nc2)cc1. The molecular weight excluding hydrogens is 431 g/mol. The Bertz CT molecular complexity index is 1080. The number of aromatic nitrogens is 1. The first kappa shape index (κ1) is 24.0. The Balaban J connectivity index is 1.25. The third-order valence-corrected chi connectivity index (χ3v) is 5.99. The summed E-state index contributed by atoms with van der Waals surface area (Å²) in [5, 5.41) is 0. The van der Waals surface area contributed by atoms with Gasteiger partial charge in [0.1, 0.15) is 24.0 Å². The van der Waals surface area contributed by atoms with Gasteiger partial charge < -0.3 is 9.47 Å². The molecule has 0 N–H and O–H groups in total. The van der Waals surface area contributed by atoms with Crippen LogP contribution in [0.5, 0.6) is 5.75 Å². The topological polar surface area (TPSA) is 51.7 Å². The van der Waals surface area contributed by atoms with E-state index in [0.29, 0.717) is 25.2 Å². The van der Waals surface area contributed by atoms with E-state index in [2.05, 4.69) is 41.1 Å². The number of pyridine rings is 1. The van der Waals surface area contributed by atoms with Crippen molar-refractivity contribution in [2.45, 2.75) is 26.2 Å². The molecule has 1 saturated heterocycles. The molecule has 1 aliphatic heterocycles. The number of ketones is 1. The molecule has 0 atom stereocenters. The monoisotopic (exact) mass is 462 g/mol. The van der Waals surface area contributed by atoms with E-state index in [1.165, 1.54) is 17.7 Å². The first-order chi connectivity index (χ1) is 16.5. The number of carbonyl (C=O) groups excluding carboxylic acids is 1. The van der Waals surface area contributed by atoms with Gasteiger partial charge in [0.2, 0.25) is 0 Å². The summed E-state index contributed by atoms with van der Waals surface area (Å²) in [7, 11) is 0. The second-order valence-corrected chi connectivity index (χ2v) is 8.72. The third-order valence-electron chi connectivity index (χ3n) is 5.99. The second kappa shape index (κ2) is 11.9. The van der Waals surface area contributed by atoms with Crippen LogP contribution in [0.4, 0.5) is 4.39 Å². The molecule has 5 nitrogen and oxygen atoms in total. The van der Waals surface area contributed by atoms with Crippen LogP contribution in [0.1, 0.15) is 23.2 Å². The van der Waals surface area contributed by atoms with E-state index in [1.54, 1.807) is 6.20 Å². The molecule has 1 aliphatic rings. The first-order valence-electron chi connectivity index (χ1n) is 11.8. The van der Waals surface area contributed by atoms with Gasteiger partial charge in [-0.2, -0.15) is 0 Å². The zero-order valence-corrected chi connectivity index (χ0v) is 19.6. The molecule has 6 heteroatoms. The number of Topliss-reactive ketones (excluding diaryl/α,β-unsaturated/α-hetero) is 1. The fourth-order valence-corrected chi connectivity index (χ4v) is 3.99. The van der Waals surface area contributed by atoms with Crippen molar-refractivity contribution in [1.82, 2.24) is 9.88 Å². The van der Waals surface area contributed by atoms with Crippen LogP contribution in [0, 0.1) is 12.7 Å². The van der Waals surface area contributed by atoms with Gasteiger partial charge in [-0.1, -0.05) is 35.9 Å². The molecule has 34 heavy (non-hydrogen) atoms. The highest BCUT2D eigenvalue weighted by molar-refractivity contribution is 5.80. The van der Waals surface area contributed by atoms with Crippen LogP contribution >= 0.6 is 0 Å². The Hall–Kier alpha value is -3.09. The largest absolute Gasteiger partial charge is 0.492 e. The Labute approximate surface area is 200 Å². The summed E-state index contributed by atoms with van der Waals surface area (Å²) >= 11 is 0. The summed E-state index contributed by atoms with van der Waals surface area (Å²) in [5.74, 6) is 0.235. The molecule has 0 spiro atoms. The summed E-state index contributed by atoms with van der Waals surface area (Å²) in [5.41, 5.74) is 4.84. The standard InChI is InChI=1S/C28H31FN2O3/c1-21-2-5-23(6-3-21)24-7-8-26(30-20-24)19-27(32)9-4-22-16-25(29)18-28(17-22)34-15-12-31-10-13-33-14-11-31/h2-3,5-8,16-18,20H,4,9-15,19H2,1H3. The van der Waals surface area contributed by atoms with Gasteiger partial charge in [0.05, 0.1) is 13.2 Å². The maximum Gasteiger partial charge on any atom is 0.139 e. The van der Waals surface area contributed by atoms with Crippen LogP contribution in [0.3, 0.4) is 0 Å². The predicted molar refractivity (Wildman–Crippen MR) is 131 cm³/mol. The number of morpholine rings is 1. The summed E-state index contributed by atoms with van der Waals surface area (Å²) < 4.78 is 25.2. The second-order valence-electron chi connectivity index (χ2n) is 8.72. The average Bonchev–Trinajstić information content (AvgIpc) is 2.84. The lowest BCUT2D eigenvalue weighted by atomic mass is 10.0. The number of aryl methyl sites for hydroxylation is 2. The summed E-state index contributed by atoms with van der Waals surface area (Å²) in [6, 6.07) is 16.8. The van der Waals surface area contributed by atoms with Gasteiger partial charge in [-0.3, -0.25) is 14.7 Å². The minimum atomic E-state index is -0.348. The van der Waals surface area contributed by atoms with E-state index in [1.807, 2.05) is 18.2 Å².